The van der Waals surface area contributed by atoms with Gasteiger partial charge in [-0.2, -0.15) is 5.26 Å². The lowest BCUT2D eigenvalue weighted by Gasteiger charge is -2.28. The summed E-state index contributed by atoms with van der Waals surface area (Å²) in [4.78, 5) is 26.3. The molecule has 1 saturated heterocycles. The molecule has 2 aliphatic rings. The van der Waals surface area contributed by atoms with Crippen molar-refractivity contribution in [3.8, 4) is 6.07 Å². The van der Waals surface area contributed by atoms with Crippen molar-refractivity contribution in [1.29, 1.82) is 5.26 Å². The number of allylic oxidation sites excluding steroid dienone is 1. The highest BCUT2D eigenvalue weighted by molar-refractivity contribution is 8.03. The lowest BCUT2D eigenvalue weighted by Crippen LogP contribution is -2.37. The zero-order valence-corrected chi connectivity index (χ0v) is 14.8. The Bertz CT molecular complexity index is 718. The molecule has 25 heavy (non-hydrogen) atoms. The molecule has 1 aromatic carbocycles. The summed E-state index contributed by atoms with van der Waals surface area (Å²) in [7, 11) is 0. The summed E-state index contributed by atoms with van der Waals surface area (Å²) in [5.41, 5.74) is 1.50. The van der Waals surface area contributed by atoms with Crippen LogP contribution in [0.4, 0.5) is 0 Å². The Kier molecular flexibility index (Phi) is 5.77. The van der Waals surface area contributed by atoms with E-state index in [2.05, 4.69) is 11.4 Å². The van der Waals surface area contributed by atoms with Crippen molar-refractivity contribution in [1.82, 2.24) is 10.2 Å². The molecule has 6 heteroatoms. The molecule has 0 bridgehead atoms. The Balaban J connectivity index is 1.75. The van der Waals surface area contributed by atoms with Gasteiger partial charge in [-0.25, -0.2) is 0 Å². The van der Waals surface area contributed by atoms with Gasteiger partial charge in [0.1, 0.15) is 0 Å². The molecule has 3 rings (SSSR count). The molecule has 2 aliphatic heterocycles. The van der Waals surface area contributed by atoms with Gasteiger partial charge in [0.05, 0.1) is 22.4 Å². The first kappa shape index (κ1) is 17.6. The molecule has 1 fully saturated rings. The third-order valence-electron chi connectivity index (χ3n) is 4.61. The van der Waals surface area contributed by atoms with Gasteiger partial charge in [-0.3, -0.25) is 9.59 Å². The predicted octanol–water partition coefficient (Wildman–Crippen LogP) is 2.77. The number of nitrogens with zero attached hydrogens (tertiary/aromatic N) is 2. The van der Waals surface area contributed by atoms with Crippen LogP contribution in [0.15, 0.2) is 40.9 Å². The first-order valence-corrected chi connectivity index (χ1v) is 9.57. The minimum absolute atomic E-state index is 0.0746. The molecule has 130 valence electrons. The van der Waals surface area contributed by atoms with Crippen LogP contribution in [0, 0.1) is 11.3 Å². The standard InChI is InChI=1S/C19H21N3O2S/c20-12-16-15(14-7-3-1-4-8-14)11-17(23)21-19(16)25-13-18(24)22-9-5-2-6-10-22/h1,3-4,7-8,15H,2,5-6,9-11,13H2,(H,21,23)/t15-/m1/s1. The van der Waals surface area contributed by atoms with Gasteiger partial charge >= 0.3 is 0 Å². The van der Waals surface area contributed by atoms with E-state index in [0.29, 0.717) is 10.6 Å². The number of hydrogen-bond acceptors (Lipinski definition) is 4. The van der Waals surface area contributed by atoms with E-state index in [1.165, 1.54) is 18.2 Å². The van der Waals surface area contributed by atoms with E-state index in [-0.39, 0.29) is 29.9 Å². The van der Waals surface area contributed by atoms with Crippen molar-refractivity contribution in [2.24, 2.45) is 0 Å². The van der Waals surface area contributed by atoms with Crippen LogP contribution in [-0.2, 0) is 9.59 Å². The van der Waals surface area contributed by atoms with Crippen LogP contribution in [0.25, 0.3) is 0 Å². The molecular weight excluding hydrogens is 334 g/mol. The maximum absolute atomic E-state index is 12.4. The van der Waals surface area contributed by atoms with Gasteiger partial charge in [-0.1, -0.05) is 42.1 Å². The van der Waals surface area contributed by atoms with Crippen molar-refractivity contribution in [3.05, 3.63) is 46.5 Å². The monoisotopic (exact) mass is 355 g/mol. The van der Waals surface area contributed by atoms with Crippen LogP contribution in [0.5, 0.6) is 0 Å². The molecule has 0 saturated carbocycles. The van der Waals surface area contributed by atoms with Crippen LogP contribution >= 0.6 is 11.8 Å². The Morgan fingerprint density at radius 2 is 1.96 bits per heavy atom. The van der Waals surface area contributed by atoms with Gasteiger partial charge < -0.3 is 10.2 Å². The van der Waals surface area contributed by atoms with Gasteiger partial charge in [-0.05, 0) is 24.8 Å². The second-order valence-electron chi connectivity index (χ2n) is 6.30. The van der Waals surface area contributed by atoms with Crippen molar-refractivity contribution in [2.45, 2.75) is 31.6 Å². The van der Waals surface area contributed by atoms with Gasteiger partial charge in [0.2, 0.25) is 11.8 Å². The van der Waals surface area contributed by atoms with Crippen molar-refractivity contribution in [3.63, 3.8) is 0 Å². The highest BCUT2D eigenvalue weighted by Crippen LogP contribution is 2.35. The number of nitrogens with one attached hydrogen (secondary N) is 1. The quantitative estimate of drug-likeness (QED) is 0.901. The number of rotatable bonds is 4. The number of thioether (sulfide) groups is 1. The second kappa shape index (κ2) is 8.21. The van der Waals surface area contributed by atoms with Gasteiger partial charge in [-0.15, -0.1) is 0 Å². The summed E-state index contributed by atoms with van der Waals surface area (Å²) in [6.45, 7) is 1.62. The Hall–Kier alpha value is -2.26. The fourth-order valence-electron chi connectivity index (χ4n) is 3.27. The number of carbonyl (C=O) groups is 2. The number of benzene rings is 1. The molecule has 2 heterocycles. The molecule has 0 aliphatic carbocycles. The lowest BCUT2D eigenvalue weighted by atomic mass is 9.87. The fourth-order valence-corrected chi connectivity index (χ4v) is 4.25. The number of piperidine rings is 1. The van der Waals surface area contributed by atoms with Crippen LogP contribution in [0.2, 0.25) is 0 Å². The molecule has 1 N–H and O–H groups in total. The van der Waals surface area contributed by atoms with Crippen LogP contribution < -0.4 is 5.32 Å². The maximum atomic E-state index is 12.4. The SMILES string of the molecule is N#CC1=C(SCC(=O)N2CCCCC2)NC(=O)C[C@@H]1c1ccccc1. The normalized spacial score (nSPS) is 20.8. The number of hydrogen-bond donors (Lipinski definition) is 1. The summed E-state index contributed by atoms with van der Waals surface area (Å²) in [6, 6.07) is 11.8. The summed E-state index contributed by atoms with van der Waals surface area (Å²) in [6.07, 6.45) is 3.54. The summed E-state index contributed by atoms with van der Waals surface area (Å²) >= 11 is 1.27. The number of carbonyl (C=O) groups excluding carboxylic acids is 2. The van der Waals surface area contributed by atoms with Crippen LogP contribution in [0.3, 0.4) is 0 Å². The molecule has 0 aromatic heterocycles. The molecule has 0 radical (unpaired) electrons. The molecule has 1 atom stereocenters. The van der Waals surface area contributed by atoms with Crippen LogP contribution in [0.1, 0.15) is 37.2 Å². The minimum Gasteiger partial charge on any atom is -0.342 e. The Morgan fingerprint density at radius 1 is 1.24 bits per heavy atom. The molecule has 1 aromatic rings. The third-order valence-corrected chi connectivity index (χ3v) is 5.61. The fraction of sp³-hybridized carbons (Fsp3) is 0.421. The molecule has 2 amide bonds. The Labute approximate surface area is 152 Å². The molecular formula is C19H21N3O2S. The van der Waals surface area contributed by atoms with Gasteiger partial charge in [0, 0.05) is 25.4 Å². The summed E-state index contributed by atoms with van der Waals surface area (Å²) in [5, 5.41) is 12.9. The highest BCUT2D eigenvalue weighted by Gasteiger charge is 2.30. The zero-order valence-electron chi connectivity index (χ0n) is 14.0. The molecule has 0 spiro atoms. The number of likely N-dealkylation sites (tertiary alicyclic amines) is 1. The molecule has 0 unspecified atom stereocenters. The van der Waals surface area contributed by atoms with E-state index < -0.39 is 0 Å². The van der Waals surface area contributed by atoms with Gasteiger partial charge in [0.15, 0.2) is 0 Å². The van der Waals surface area contributed by atoms with Crippen molar-refractivity contribution >= 4 is 23.6 Å². The lowest BCUT2D eigenvalue weighted by molar-refractivity contribution is -0.129. The largest absolute Gasteiger partial charge is 0.342 e. The van der Waals surface area contributed by atoms with Crippen LogP contribution in [-0.4, -0.2) is 35.6 Å². The maximum Gasteiger partial charge on any atom is 0.232 e. The minimum atomic E-state index is -0.243. The van der Waals surface area contributed by atoms with E-state index in [0.717, 1.165) is 31.5 Å². The summed E-state index contributed by atoms with van der Waals surface area (Å²) < 4.78 is 0. The van der Waals surface area contributed by atoms with E-state index in [1.807, 2.05) is 35.2 Å². The summed E-state index contributed by atoms with van der Waals surface area (Å²) in [5.74, 6) is -0.0265. The smallest absolute Gasteiger partial charge is 0.232 e. The first-order valence-electron chi connectivity index (χ1n) is 8.58. The second-order valence-corrected chi connectivity index (χ2v) is 7.29. The Morgan fingerprint density at radius 3 is 2.64 bits per heavy atom. The van der Waals surface area contributed by atoms with Gasteiger partial charge in [0.25, 0.3) is 0 Å². The van der Waals surface area contributed by atoms with Crippen molar-refractivity contribution in [2.75, 3.05) is 18.8 Å². The van der Waals surface area contributed by atoms with E-state index in [9.17, 15) is 14.9 Å². The zero-order chi connectivity index (χ0) is 17.6. The highest BCUT2D eigenvalue weighted by atomic mass is 32.2. The van der Waals surface area contributed by atoms with E-state index >= 15 is 0 Å². The number of amides is 2. The number of nitriles is 1. The average Bonchev–Trinajstić information content (AvgIpc) is 2.67. The van der Waals surface area contributed by atoms with E-state index in [4.69, 9.17) is 0 Å². The predicted molar refractivity (Wildman–Crippen MR) is 97.5 cm³/mol. The average molecular weight is 355 g/mol. The topological polar surface area (TPSA) is 73.2 Å². The van der Waals surface area contributed by atoms with E-state index in [1.54, 1.807) is 0 Å². The third kappa shape index (κ3) is 4.23. The van der Waals surface area contributed by atoms with Crippen molar-refractivity contribution < 1.29 is 9.59 Å². The molecule has 5 nitrogen and oxygen atoms in total. The first-order chi connectivity index (χ1) is 12.2.